The minimum Gasteiger partial charge on any atom is -0.356 e. The minimum atomic E-state index is 0.241. The van der Waals surface area contributed by atoms with E-state index in [1.165, 1.54) is 44.1 Å². The molecule has 4 saturated carbocycles. The van der Waals surface area contributed by atoms with E-state index in [0.717, 1.165) is 30.6 Å². The molecule has 1 aromatic rings. The fourth-order valence-electron chi connectivity index (χ4n) is 6.00. The molecule has 0 aliphatic heterocycles. The zero-order chi connectivity index (χ0) is 16.6. The maximum atomic E-state index is 12.5. The third-order valence-corrected chi connectivity index (χ3v) is 6.52. The molecular weight excluding hydrogens is 296 g/mol. The summed E-state index contributed by atoms with van der Waals surface area (Å²) >= 11 is 0. The molecule has 3 heteroatoms. The molecule has 0 atom stereocenters. The fraction of sp³-hybridized carbons (Fsp3) is 0.619. The molecule has 126 valence electrons. The van der Waals surface area contributed by atoms with Gasteiger partial charge in [0.1, 0.15) is 0 Å². The van der Waals surface area contributed by atoms with Crippen molar-refractivity contribution in [3.05, 3.63) is 35.4 Å². The number of amides is 1. The lowest BCUT2D eigenvalue weighted by molar-refractivity contribution is -0.129. The molecule has 0 aromatic heterocycles. The van der Waals surface area contributed by atoms with Gasteiger partial charge in [0, 0.05) is 13.0 Å². The SMILES string of the molecule is N#Cc1ccc(CCNC(=O)CC23CC4CC(CC(C4)C2)C3)cc1. The van der Waals surface area contributed by atoms with E-state index in [1.54, 1.807) is 0 Å². The van der Waals surface area contributed by atoms with Crippen LogP contribution in [0.15, 0.2) is 24.3 Å². The molecule has 1 aromatic carbocycles. The highest BCUT2D eigenvalue weighted by atomic mass is 16.1. The summed E-state index contributed by atoms with van der Waals surface area (Å²) in [6, 6.07) is 9.76. The van der Waals surface area contributed by atoms with Crippen molar-refractivity contribution in [2.24, 2.45) is 23.2 Å². The number of nitrogens with one attached hydrogen (secondary N) is 1. The Hall–Kier alpha value is -1.82. The third kappa shape index (κ3) is 3.20. The number of hydrogen-bond acceptors (Lipinski definition) is 2. The van der Waals surface area contributed by atoms with Crippen LogP contribution in [0.2, 0.25) is 0 Å². The smallest absolute Gasteiger partial charge is 0.220 e. The maximum absolute atomic E-state index is 12.5. The highest BCUT2D eigenvalue weighted by molar-refractivity contribution is 5.76. The van der Waals surface area contributed by atoms with Gasteiger partial charge in [0.25, 0.3) is 0 Å². The monoisotopic (exact) mass is 322 g/mol. The van der Waals surface area contributed by atoms with Crippen LogP contribution in [0.3, 0.4) is 0 Å². The van der Waals surface area contributed by atoms with Crippen LogP contribution in [0.25, 0.3) is 0 Å². The number of benzene rings is 1. The number of carbonyl (C=O) groups is 1. The van der Waals surface area contributed by atoms with Gasteiger partial charge in [0.15, 0.2) is 0 Å². The quantitative estimate of drug-likeness (QED) is 0.896. The molecule has 0 radical (unpaired) electrons. The van der Waals surface area contributed by atoms with Crippen LogP contribution in [-0.2, 0) is 11.2 Å². The van der Waals surface area contributed by atoms with Crippen molar-refractivity contribution in [1.29, 1.82) is 5.26 Å². The summed E-state index contributed by atoms with van der Waals surface area (Å²) in [5, 5.41) is 11.9. The van der Waals surface area contributed by atoms with E-state index in [0.29, 0.717) is 17.5 Å². The van der Waals surface area contributed by atoms with Gasteiger partial charge in [-0.3, -0.25) is 4.79 Å². The lowest BCUT2D eigenvalue weighted by Gasteiger charge is -2.56. The number of carbonyl (C=O) groups excluding carboxylic acids is 1. The average Bonchev–Trinajstić information content (AvgIpc) is 2.53. The Morgan fingerprint density at radius 1 is 1.08 bits per heavy atom. The summed E-state index contributed by atoms with van der Waals surface area (Å²) in [6.45, 7) is 0.692. The van der Waals surface area contributed by atoms with Crippen molar-refractivity contribution in [3.63, 3.8) is 0 Å². The number of rotatable bonds is 5. The maximum Gasteiger partial charge on any atom is 0.220 e. The van der Waals surface area contributed by atoms with E-state index in [-0.39, 0.29) is 5.91 Å². The first-order chi connectivity index (χ1) is 11.6. The second-order valence-corrected chi connectivity index (χ2v) is 8.50. The second kappa shape index (κ2) is 6.24. The first-order valence-electron chi connectivity index (χ1n) is 9.40. The van der Waals surface area contributed by atoms with Crippen molar-refractivity contribution in [2.75, 3.05) is 6.54 Å². The Labute approximate surface area is 144 Å². The molecule has 3 nitrogen and oxygen atoms in total. The van der Waals surface area contributed by atoms with Gasteiger partial charge in [-0.2, -0.15) is 5.26 Å². The Balaban J connectivity index is 1.27. The number of hydrogen-bond donors (Lipinski definition) is 1. The topological polar surface area (TPSA) is 52.9 Å². The number of nitriles is 1. The summed E-state index contributed by atoms with van der Waals surface area (Å²) in [5.41, 5.74) is 2.18. The van der Waals surface area contributed by atoms with Gasteiger partial charge in [0.2, 0.25) is 5.91 Å². The minimum absolute atomic E-state index is 0.241. The molecule has 0 unspecified atom stereocenters. The molecule has 0 heterocycles. The summed E-state index contributed by atoms with van der Waals surface area (Å²) in [7, 11) is 0. The van der Waals surface area contributed by atoms with Crippen molar-refractivity contribution in [3.8, 4) is 6.07 Å². The van der Waals surface area contributed by atoms with Crippen LogP contribution in [0.4, 0.5) is 0 Å². The van der Waals surface area contributed by atoms with Gasteiger partial charge in [-0.1, -0.05) is 12.1 Å². The van der Waals surface area contributed by atoms with Crippen LogP contribution in [0.1, 0.15) is 56.1 Å². The highest BCUT2D eigenvalue weighted by Crippen LogP contribution is 2.61. The zero-order valence-corrected chi connectivity index (χ0v) is 14.3. The predicted octanol–water partition coefficient (Wildman–Crippen LogP) is 3.82. The molecule has 4 bridgehead atoms. The van der Waals surface area contributed by atoms with E-state index in [9.17, 15) is 4.79 Å². The predicted molar refractivity (Wildman–Crippen MR) is 93.1 cm³/mol. The van der Waals surface area contributed by atoms with Gasteiger partial charge in [-0.25, -0.2) is 0 Å². The molecule has 0 spiro atoms. The van der Waals surface area contributed by atoms with E-state index in [1.807, 2.05) is 24.3 Å². The average molecular weight is 322 g/mol. The summed E-state index contributed by atoms with van der Waals surface area (Å²) in [5.74, 6) is 2.96. The molecule has 1 amide bonds. The molecular formula is C21H26N2O. The van der Waals surface area contributed by atoms with Crippen molar-refractivity contribution >= 4 is 5.91 Å². The van der Waals surface area contributed by atoms with Crippen LogP contribution in [0.5, 0.6) is 0 Å². The van der Waals surface area contributed by atoms with Gasteiger partial charge < -0.3 is 5.32 Å². The first kappa shape index (κ1) is 15.7. The molecule has 4 fully saturated rings. The van der Waals surface area contributed by atoms with Crippen LogP contribution in [0, 0.1) is 34.5 Å². The Morgan fingerprint density at radius 2 is 1.67 bits per heavy atom. The Bertz CT molecular complexity index is 620. The highest BCUT2D eigenvalue weighted by Gasteiger charge is 2.51. The van der Waals surface area contributed by atoms with E-state index >= 15 is 0 Å². The number of nitrogens with zero attached hydrogens (tertiary/aromatic N) is 1. The summed E-state index contributed by atoms with van der Waals surface area (Å²) in [6.07, 6.45) is 9.74. The van der Waals surface area contributed by atoms with E-state index < -0.39 is 0 Å². The van der Waals surface area contributed by atoms with Gasteiger partial charge in [0.05, 0.1) is 11.6 Å². The Morgan fingerprint density at radius 3 is 2.21 bits per heavy atom. The van der Waals surface area contributed by atoms with Crippen LogP contribution >= 0.6 is 0 Å². The first-order valence-corrected chi connectivity index (χ1v) is 9.40. The summed E-state index contributed by atoms with van der Waals surface area (Å²) < 4.78 is 0. The second-order valence-electron chi connectivity index (χ2n) is 8.50. The van der Waals surface area contributed by atoms with Crippen LogP contribution < -0.4 is 5.32 Å². The van der Waals surface area contributed by atoms with E-state index in [4.69, 9.17) is 5.26 Å². The summed E-state index contributed by atoms with van der Waals surface area (Å²) in [4.78, 5) is 12.5. The lowest BCUT2D eigenvalue weighted by Crippen LogP contribution is -2.48. The third-order valence-electron chi connectivity index (χ3n) is 6.52. The van der Waals surface area contributed by atoms with Crippen molar-refractivity contribution < 1.29 is 4.79 Å². The molecule has 4 aliphatic rings. The van der Waals surface area contributed by atoms with E-state index in [2.05, 4.69) is 11.4 Å². The van der Waals surface area contributed by atoms with Crippen molar-refractivity contribution in [1.82, 2.24) is 5.32 Å². The zero-order valence-electron chi connectivity index (χ0n) is 14.3. The van der Waals surface area contributed by atoms with Gasteiger partial charge in [-0.15, -0.1) is 0 Å². The molecule has 24 heavy (non-hydrogen) atoms. The Kier molecular flexibility index (Phi) is 4.08. The fourth-order valence-corrected chi connectivity index (χ4v) is 6.00. The van der Waals surface area contributed by atoms with Crippen molar-refractivity contribution in [2.45, 2.75) is 51.4 Å². The molecule has 4 aliphatic carbocycles. The molecule has 1 N–H and O–H groups in total. The van der Waals surface area contributed by atoms with Gasteiger partial charge in [-0.05, 0) is 85.8 Å². The molecule has 5 rings (SSSR count). The van der Waals surface area contributed by atoms with Crippen LogP contribution in [-0.4, -0.2) is 12.5 Å². The molecule has 0 saturated heterocycles. The normalized spacial score (nSPS) is 33.2. The lowest BCUT2D eigenvalue weighted by atomic mass is 9.49. The van der Waals surface area contributed by atoms with Gasteiger partial charge >= 0.3 is 0 Å². The largest absolute Gasteiger partial charge is 0.356 e. The standard InChI is InChI=1S/C21H26N2O/c22-14-16-3-1-15(2-4-16)5-6-23-20(24)13-21-10-17-7-18(11-21)9-19(8-17)12-21/h1-4,17-19H,5-13H2,(H,23,24).